The number of hydrogen-bond acceptors (Lipinski definition) is 2. The smallest absolute Gasteiger partial charge is 0.0351 e. The lowest BCUT2D eigenvalue weighted by Gasteiger charge is -1.85. The summed E-state index contributed by atoms with van der Waals surface area (Å²) in [5.41, 5.74) is 1.17. The van der Waals surface area contributed by atoms with Gasteiger partial charge in [-0.15, -0.1) is 0 Å². The maximum Gasteiger partial charge on any atom is 0.0351 e. The van der Waals surface area contributed by atoms with Gasteiger partial charge in [0.25, 0.3) is 0 Å². The van der Waals surface area contributed by atoms with Crippen LogP contribution in [-0.4, -0.2) is 27.8 Å². The summed E-state index contributed by atoms with van der Waals surface area (Å²) >= 11 is 0. The van der Waals surface area contributed by atoms with E-state index in [9.17, 15) is 0 Å². The van der Waals surface area contributed by atoms with Crippen molar-refractivity contribution in [1.82, 2.24) is 5.32 Å². The molecule has 1 aromatic carbocycles. The van der Waals surface area contributed by atoms with Crippen LogP contribution in [0.5, 0.6) is 0 Å². The van der Waals surface area contributed by atoms with Gasteiger partial charge in [0.2, 0.25) is 0 Å². The minimum Gasteiger partial charge on any atom is -0.388 e. The van der Waals surface area contributed by atoms with E-state index < -0.39 is 0 Å². The van der Waals surface area contributed by atoms with Gasteiger partial charge in [0.05, 0.1) is 0 Å². The fraction of sp³-hybridized carbons (Fsp3) is 0.385. The molecule has 1 N–H and O–H groups in total. The topological polar surface area (TPSA) is 21.3 Å². The van der Waals surface area contributed by atoms with Crippen LogP contribution >= 0.6 is 0 Å². The molecule has 0 radical (unpaired) electrons. The van der Waals surface area contributed by atoms with Crippen LogP contribution in [0.15, 0.2) is 36.9 Å². The molecule has 0 bridgehead atoms. The molecule has 2 heteroatoms. The highest BCUT2D eigenvalue weighted by Gasteiger charge is 1.75. The first-order chi connectivity index (χ1) is 7.26. The Kier molecular flexibility index (Phi) is 16.7. The molecule has 1 aromatic rings. The molecule has 0 saturated carbocycles. The first-order valence-corrected chi connectivity index (χ1v) is 4.98. The van der Waals surface area contributed by atoms with Crippen molar-refractivity contribution in [3.8, 4) is 0 Å². The number of nitrogens with one attached hydrogen (secondary N) is 1. The molecular weight excluding hydrogens is 186 g/mol. The molecule has 0 aliphatic rings. The molecule has 0 unspecified atom stereocenters. The van der Waals surface area contributed by atoms with E-state index in [0.29, 0.717) is 0 Å². The van der Waals surface area contributed by atoms with Gasteiger partial charge in [-0.05, 0) is 19.2 Å². The molecule has 0 aliphatic heterocycles. The normalized spacial score (nSPS) is 7.73. The lowest BCUT2D eigenvalue weighted by molar-refractivity contribution is 0.277. The van der Waals surface area contributed by atoms with Crippen LogP contribution in [0, 0.1) is 0 Å². The van der Waals surface area contributed by atoms with E-state index in [2.05, 4.69) is 23.6 Å². The standard InChI is InChI=1S/C8H8.C3H9N.C2H6O/c1-2-8-6-4-3-5-7-8;1-3-4-2;1-3-2/h2-7H,1H2;4H,3H2,1-2H3;1-2H3. The zero-order valence-corrected chi connectivity index (χ0v) is 10.3. The molecule has 0 saturated heterocycles. The van der Waals surface area contributed by atoms with E-state index >= 15 is 0 Å². The predicted molar refractivity (Wildman–Crippen MR) is 69.1 cm³/mol. The van der Waals surface area contributed by atoms with Gasteiger partial charge in [0, 0.05) is 14.2 Å². The molecule has 0 fully saturated rings. The highest BCUT2D eigenvalue weighted by atomic mass is 16.4. The summed E-state index contributed by atoms with van der Waals surface area (Å²) in [6.45, 7) is 6.77. The highest BCUT2D eigenvalue weighted by molar-refractivity contribution is 5.45. The molecule has 0 aliphatic carbocycles. The van der Waals surface area contributed by atoms with Crippen LogP contribution in [-0.2, 0) is 4.74 Å². The van der Waals surface area contributed by atoms with E-state index in [4.69, 9.17) is 0 Å². The Morgan fingerprint density at radius 2 is 1.67 bits per heavy atom. The monoisotopic (exact) mass is 209 g/mol. The molecule has 86 valence electrons. The van der Waals surface area contributed by atoms with Crippen molar-refractivity contribution >= 4 is 6.08 Å². The maximum absolute atomic E-state index is 4.25. The van der Waals surface area contributed by atoms with Gasteiger partial charge in [0.1, 0.15) is 0 Å². The SMILES string of the molecule is C=Cc1ccccc1.CCNC.COC. The second-order valence-corrected chi connectivity index (χ2v) is 2.73. The molecule has 0 amide bonds. The average molecular weight is 209 g/mol. The van der Waals surface area contributed by atoms with E-state index in [0.717, 1.165) is 6.54 Å². The third-order valence-corrected chi connectivity index (χ3v) is 1.39. The summed E-state index contributed by atoms with van der Waals surface area (Å²) in [6.07, 6.45) is 1.83. The Balaban J connectivity index is 0. The summed E-state index contributed by atoms with van der Waals surface area (Å²) < 4.78 is 4.25. The van der Waals surface area contributed by atoms with Gasteiger partial charge in [-0.2, -0.15) is 0 Å². The van der Waals surface area contributed by atoms with Crippen LogP contribution in [0.3, 0.4) is 0 Å². The van der Waals surface area contributed by atoms with Crippen molar-refractivity contribution in [3.05, 3.63) is 42.5 Å². The largest absolute Gasteiger partial charge is 0.388 e. The van der Waals surface area contributed by atoms with Crippen LogP contribution in [0.25, 0.3) is 6.08 Å². The minimum absolute atomic E-state index is 1.07. The highest BCUT2D eigenvalue weighted by Crippen LogP contribution is 1.97. The Morgan fingerprint density at radius 3 is 1.87 bits per heavy atom. The van der Waals surface area contributed by atoms with E-state index in [-0.39, 0.29) is 0 Å². The molecule has 15 heavy (non-hydrogen) atoms. The van der Waals surface area contributed by atoms with E-state index in [1.165, 1.54) is 5.56 Å². The number of ether oxygens (including phenoxy) is 1. The summed E-state index contributed by atoms with van der Waals surface area (Å²) in [5.74, 6) is 0. The Bertz CT molecular complexity index is 207. The second kappa shape index (κ2) is 15.4. The third-order valence-electron chi connectivity index (χ3n) is 1.39. The minimum atomic E-state index is 1.07. The molecular formula is C13H23NO. The van der Waals surface area contributed by atoms with Gasteiger partial charge in [-0.3, -0.25) is 0 Å². The quantitative estimate of drug-likeness (QED) is 0.808. The Morgan fingerprint density at radius 1 is 1.27 bits per heavy atom. The van der Waals surface area contributed by atoms with Crippen molar-refractivity contribution in [3.63, 3.8) is 0 Å². The van der Waals surface area contributed by atoms with Gasteiger partial charge < -0.3 is 10.1 Å². The van der Waals surface area contributed by atoms with Crippen LogP contribution < -0.4 is 5.32 Å². The first kappa shape index (κ1) is 16.3. The number of hydrogen-bond donors (Lipinski definition) is 1. The third kappa shape index (κ3) is 15.6. The average Bonchev–Trinajstić information content (AvgIpc) is 2.31. The Hall–Kier alpha value is -1.12. The fourth-order valence-corrected chi connectivity index (χ4v) is 0.589. The van der Waals surface area contributed by atoms with Crippen molar-refractivity contribution in [1.29, 1.82) is 0 Å². The van der Waals surface area contributed by atoms with Gasteiger partial charge >= 0.3 is 0 Å². The molecule has 0 heterocycles. The number of methoxy groups -OCH3 is 1. The summed E-state index contributed by atoms with van der Waals surface area (Å²) in [7, 11) is 5.18. The predicted octanol–water partition coefficient (Wildman–Crippen LogP) is 2.82. The molecule has 1 rings (SSSR count). The van der Waals surface area contributed by atoms with Crippen molar-refractivity contribution < 1.29 is 4.74 Å². The van der Waals surface area contributed by atoms with E-state index in [1.54, 1.807) is 14.2 Å². The van der Waals surface area contributed by atoms with Gasteiger partial charge in [0.15, 0.2) is 0 Å². The van der Waals surface area contributed by atoms with Crippen LogP contribution in [0.1, 0.15) is 12.5 Å². The maximum atomic E-state index is 4.25. The summed E-state index contributed by atoms with van der Waals surface area (Å²) in [4.78, 5) is 0. The van der Waals surface area contributed by atoms with Crippen molar-refractivity contribution in [2.24, 2.45) is 0 Å². The summed E-state index contributed by atoms with van der Waals surface area (Å²) in [5, 5.41) is 2.93. The lowest BCUT2D eigenvalue weighted by atomic mass is 10.2. The number of benzene rings is 1. The molecule has 0 aromatic heterocycles. The van der Waals surface area contributed by atoms with Gasteiger partial charge in [-0.1, -0.05) is 49.9 Å². The molecule has 2 nitrogen and oxygen atoms in total. The molecule has 0 spiro atoms. The zero-order valence-electron chi connectivity index (χ0n) is 10.3. The summed E-state index contributed by atoms with van der Waals surface area (Å²) in [6, 6.07) is 10.0. The van der Waals surface area contributed by atoms with Crippen molar-refractivity contribution in [2.45, 2.75) is 6.92 Å². The fourth-order valence-electron chi connectivity index (χ4n) is 0.589. The molecule has 0 atom stereocenters. The van der Waals surface area contributed by atoms with Crippen molar-refractivity contribution in [2.75, 3.05) is 27.8 Å². The van der Waals surface area contributed by atoms with Crippen LogP contribution in [0.4, 0.5) is 0 Å². The Labute approximate surface area is 94.0 Å². The lowest BCUT2D eigenvalue weighted by Crippen LogP contribution is -2.01. The zero-order chi connectivity index (χ0) is 11.9. The number of rotatable bonds is 2. The second-order valence-electron chi connectivity index (χ2n) is 2.73. The van der Waals surface area contributed by atoms with Crippen LogP contribution in [0.2, 0.25) is 0 Å². The van der Waals surface area contributed by atoms with E-state index in [1.807, 2.05) is 43.5 Å². The van der Waals surface area contributed by atoms with Gasteiger partial charge in [-0.25, -0.2) is 0 Å². The first-order valence-electron chi connectivity index (χ1n) is 4.98.